The molecule has 0 aliphatic rings. The minimum Gasteiger partial charge on any atom is -0.396 e. The molecule has 0 radical (unpaired) electrons. The van der Waals surface area contributed by atoms with Crippen LogP contribution in [0.1, 0.15) is 0 Å². The third kappa shape index (κ3) is 1.55. The molecule has 5 heteroatoms. The van der Waals surface area contributed by atoms with Gasteiger partial charge in [0.1, 0.15) is 5.69 Å². The van der Waals surface area contributed by atoms with Gasteiger partial charge in [0, 0.05) is 13.2 Å². The van der Waals surface area contributed by atoms with Crippen LogP contribution < -0.4 is 5.73 Å². The molecule has 0 saturated heterocycles. The van der Waals surface area contributed by atoms with Gasteiger partial charge in [-0.25, -0.2) is 0 Å². The van der Waals surface area contributed by atoms with Gasteiger partial charge in [-0.1, -0.05) is 11.6 Å². The zero-order valence-corrected chi connectivity index (χ0v) is 8.56. The molecule has 2 N–H and O–H groups in total. The molecule has 0 spiro atoms. The summed E-state index contributed by atoms with van der Waals surface area (Å²) in [5.74, 6) is 0. The Bertz CT molecular complexity index is 432. The van der Waals surface area contributed by atoms with E-state index in [9.17, 15) is 0 Å². The van der Waals surface area contributed by atoms with Gasteiger partial charge in [0.05, 0.1) is 14.9 Å². The highest BCUT2D eigenvalue weighted by molar-refractivity contribution is 7.19. The molecule has 0 bridgehead atoms. The van der Waals surface area contributed by atoms with E-state index in [0.29, 0.717) is 5.69 Å². The van der Waals surface area contributed by atoms with Gasteiger partial charge in [-0.05, 0) is 12.1 Å². The zero-order chi connectivity index (χ0) is 9.42. The molecule has 0 saturated carbocycles. The summed E-state index contributed by atoms with van der Waals surface area (Å²) in [6, 6.07) is 3.77. The van der Waals surface area contributed by atoms with E-state index in [4.69, 9.17) is 17.3 Å². The number of thiophene rings is 1. The van der Waals surface area contributed by atoms with Crippen molar-refractivity contribution in [3.8, 4) is 10.6 Å². The van der Waals surface area contributed by atoms with Gasteiger partial charge >= 0.3 is 0 Å². The maximum Gasteiger partial charge on any atom is 0.125 e. The van der Waals surface area contributed by atoms with E-state index in [1.54, 1.807) is 10.9 Å². The highest BCUT2D eigenvalue weighted by atomic mass is 35.5. The predicted octanol–water partition coefficient (Wildman–Crippen LogP) is 2.38. The van der Waals surface area contributed by atoms with E-state index < -0.39 is 0 Å². The van der Waals surface area contributed by atoms with Gasteiger partial charge in [-0.3, -0.25) is 4.68 Å². The highest BCUT2D eigenvalue weighted by Gasteiger charge is 2.08. The molecule has 2 heterocycles. The standard InChI is InChI=1S/C8H8ClN3S/c1-12-4-5(10)8(11-12)6-2-3-7(9)13-6/h2-4H,10H2,1H3. The topological polar surface area (TPSA) is 43.8 Å². The Labute approximate surface area is 84.7 Å². The normalized spacial score (nSPS) is 10.6. The first kappa shape index (κ1) is 8.59. The number of halogens is 1. The van der Waals surface area contributed by atoms with Crippen LogP contribution in [0.5, 0.6) is 0 Å². The molecular weight excluding hydrogens is 206 g/mol. The van der Waals surface area contributed by atoms with Crippen LogP contribution in [0.15, 0.2) is 18.3 Å². The van der Waals surface area contributed by atoms with Gasteiger partial charge in [0.15, 0.2) is 0 Å². The quantitative estimate of drug-likeness (QED) is 0.791. The first-order chi connectivity index (χ1) is 6.16. The monoisotopic (exact) mass is 213 g/mol. The van der Waals surface area contributed by atoms with Crippen LogP contribution in [0.3, 0.4) is 0 Å². The third-order valence-corrected chi connectivity index (χ3v) is 2.90. The number of hydrogen-bond acceptors (Lipinski definition) is 3. The fraction of sp³-hybridized carbons (Fsp3) is 0.125. The smallest absolute Gasteiger partial charge is 0.125 e. The van der Waals surface area contributed by atoms with Crippen LogP contribution in [-0.4, -0.2) is 9.78 Å². The van der Waals surface area contributed by atoms with Crippen LogP contribution in [0.4, 0.5) is 5.69 Å². The van der Waals surface area contributed by atoms with Crippen molar-refractivity contribution in [2.45, 2.75) is 0 Å². The van der Waals surface area contributed by atoms with Crippen molar-refractivity contribution in [2.24, 2.45) is 7.05 Å². The maximum absolute atomic E-state index is 5.81. The lowest BCUT2D eigenvalue weighted by Crippen LogP contribution is -1.86. The summed E-state index contributed by atoms with van der Waals surface area (Å²) < 4.78 is 2.44. The summed E-state index contributed by atoms with van der Waals surface area (Å²) in [6.45, 7) is 0. The number of aryl methyl sites for hydroxylation is 1. The summed E-state index contributed by atoms with van der Waals surface area (Å²) >= 11 is 7.29. The van der Waals surface area contributed by atoms with E-state index in [-0.39, 0.29) is 0 Å². The van der Waals surface area contributed by atoms with Crippen LogP contribution in [0.25, 0.3) is 10.6 Å². The van der Waals surface area contributed by atoms with Gasteiger partial charge in [0.2, 0.25) is 0 Å². The van der Waals surface area contributed by atoms with Crippen LogP contribution in [0, 0.1) is 0 Å². The van der Waals surface area contributed by atoms with E-state index in [1.807, 2.05) is 19.2 Å². The largest absolute Gasteiger partial charge is 0.396 e. The van der Waals surface area contributed by atoms with Crippen molar-refractivity contribution < 1.29 is 0 Å². The molecule has 3 nitrogen and oxygen atoms in total. The number of hydrogen-bond donors (Lipinski definition) is 1. The zero-order valence-electron chi connectivity index (χ0n) is 6.99. The summed E-state index contributed by atoms with van der Waals surface area (Å²) in [6.07, 6.45) is 1.78. The second-order valence-electron chi connectivity index (χ2n) is 2.71. The van der Waals surface area contributed by atoms with Crippen LogP contribution >= 0.6 is 22.9 Å². The second kappa shape index (κ2) is 3.05. The number of nitrogens with two attached hydrogens (primary N) is 1. The van der Waals surface area contributed by atoms with Gasteiger partial charge in [0.25, 0.3) is 0 Å². The molecular formula is C8H8ClN3S. The number of anilines is 1. The first-order valence-electron chi connectivity index (χ1n) is 3.71. The molecule has 2 aromatic heterocycles. The van der Waals surface area contributed by atoms with Gasteiger partial charge in [-0.2, -0.15) is 5.10 Å². The van der Waals surface area contributed by atoms with E-state index in [0.717, 1.165) is 14.9 Å². The third-order valence-electron chi connectivity index (χ3n) is 1.66. The average Bonchev–Trinajstić information content (AvgIpc) is 2.58. The Morgan fingerprint density at radius 3 is 2.77 bits per heavy atom. The van der Waals surface area contributed by atoms with Crippen molar-refractivity contribution >= 4 is 28.6 Å². The van der Waals surface area contributed by atoms with Crippen molar-refractivity contribution in [3.05, 3.63) is 22.7 Å². The maximum atomic E-state index is 5.81. The molecule has 0 aliphatic heterocycles. The summed E-state index contributed by atoms with van der Waals surface area (Å²) in [5, 5.41) is 4.24. The number of nitrogen functional groups attached to an aromatic ring is 1. The number of nitrogens with zero attached hydrogens (tertiary/aromatic N) is 2. The van der Waals surface area contributed by atoms with E-state index in [2.05, 4.69) is 5.10 Å². The fourth-order valence-corrected chi connectivity index (χ4v) is 2.19. The molecule has 2 rings (SSSR count). The lowest BCUT2D eigenvalue weighted by Gasteiger charge is -1.90. The van der Waals surface area contributed by atoms with Crippen molar-refractivity contribution in [1.29, 1.82) is 0 Å². The molecule has 0 aliphatic carbocycles. The first-order valence-corrected chi connectivity index (χ1v) is 4.91. The Morgan fingerprint density at radius 1 is 1.54 bits per heavy atom. The SMILES string of the molecule is Cn1cc(N)c(-c2ccc(Cl)s2)n1. The molecule has 0 aromatic carbocycles. The molecule has 68 valence electrons. The number of rotatable bonds is 1. The minimum atomic E-state index is 0.681. The van der Waals surface area contributed by atoms with Gasteiger partial charge in [-0.15, -0.1) is 11.3 Å². The van der Waals surface area contributed by atoms with Crippen molar-refractivity contribution in [1.82, 2.24) is 9.78 Å². The van der Waals surface area contributed by atoms with Crippen molar-refractivity contribution in [2.75, 3.05) is 5.73 Å². The second-order valence-corrected chi connectivity index (χ2v) is 4.43. The van der Waals surface area contributed by atoms with Gasteiger partial charge < -0.3 is 5.73 Å². The number of aromatic nitrogens is 2. The molecule has 13 heavy (non-hydrogen) atoms. The molecule has 0 amide bonds. The lowest BCUT2D eigenvalue weighted by molar-refractivity contribution is 0.771. The van der Waals surface area contributed by atoms with Crippen LogP contribution in [-0.2, 0) is 7.05 Å². The fourth-order valence-electron chi connectivity index (χ4n) is 1.14. The molecule has 2 aromatic rings. The Balaban J connectivity index is 2.51. The average molecular weight is 214 g/mol. The summed E-state index contributed by atoms with van der Waals surface area (Å²) in [5.41, 5.74) is 7.25. The molecule has 0 unspecified atom stereocenters. The lowest BCUT2D eigenvalue weighted by atomic mass is 10.3. The van der Waals surface area contributed by atoms with E-state index in [1.165, 1.54) is 11.3 Å². The Kier molecular flexibility index (Phi) is 2.01. The predicted molar refractivity (Wildman–Crippen MR) is 55.9 cm³/mol. The summed E-state index contributed by atoms with van der Waals surface area (Å²) in [4.78, 5) is 1.00. The minimum absolute atomic E-state index is 0.681. The Morgan fingerprint density at radius 2 is 2.31 bits per heavy atom. The highest BCUT2D eigenvalue weighted by Crippen LogP contribution is 2.32. The molecule has 0 atom stereocenters. The van der Waals surface area contributed by atoms with Crippen LogP contribution in [0.2, 0.25) is 4.34 Å². The van der Waals surface area contributed by atoms with Crippen molar-refractivity contribution in [3.63, 3.8) is 0 Å². The van der Waals surface area contributed by atoms with E-state index >= 15 is 0 Å². The Hall–Kier alpha value is -1.00. The molecule has 0 fully saturated rings. The summed E-state index contributed by atoms with van der Waals surface area (Å²) in [7, 11) is 1.84.